The Hall–Kier alpha value is -3.99. The van der Waals surface area contributed by atoms with Gasteiger partial charge in [-0.25, -0.2) is 4.98 Å². The Morgan fingerprint density at radius 3 is 2.50 bits per heavy atom. The molecule has 5 aromatic heterocycles. The number of para-hydroxylation sites is 1. The second-order valence-electron chi connectivity index (χ2n) is 7.11. The number of pyridine rings is 3. The van der Waals surface area contributed by atoms with Gasteiger partial charge in [-0.1, -0.05) is 24.3 Å². The predicted octanol–water partition coefficient (Wildman–Crippen LogP) is 5.22. The maximum Gasteiger partial charge on any atom is 0.146 e. The van der Waals surface area contributed by atoms with Crippen LogP contribution in [0.15, 0.2) is 73.3 Å². The Kier molecular flexibility index (Phi) is 2.44. The zero-order valence-electron chi connectivity index (χ0n) is 14.7. The van der Waals surface area contributed by atoms with E-state index in [1.807, 2.05) is 30.9 Å². The van der Waals surface area contributed by atoms with Gasteiger partial charge in [0.25, 0.3) is 0 Å². The molecule has 0 aliphatic heterocycles. The van der Waals surface area contributed by atoms with Gasteiger partial charge in [0, 0.05) is 51.0 Å². The first kappa shape index (κ1) is 14.1. The van der Waals surface area contributed by atoms with Crippen LogP contribution in [0.5, 0.6) is 0 Å². The number of aromatic nitrogens is 5. The van der Waals surface area contributed by atoms with Crippen LogP contribution in [0.1, 0.15) is 0 Å². The van der Waals surface area contributed by atoms with Gasteiger partial charge in [-0.3, -0.25) is 14.4 Å². The van der Waals surface area contributed by atoms with Crippen molar-refractivity contribution in [1.82, 2.24) is 24.3 Å². The van der Waals surface area contributed by atoms with Gasteiger partial charge in [0.05, 0.1) is 22.7 Å². The Morgan fingerprint density at radius 2 is 1.54 bits per heavy atom. The monoisotopic (exact) mass is 359 g/mol. The lowest BCUT2D eigenvalue weighted by atomic mass is 10.0. The van der Waals surface area contributed by atoms with Crippen molar-refractivity contribution in [2.75, 3.05) is 0 Å². The molecule has 0 atom stereocenters. The van der Waals surface area contributed by atoms with Crippen LogP contribution in [0.25, 0.3) is 60.2 Å². The lowest BCUT2D eigenvalue weighted by molar-refractivity contribution is 1.28. The number of imidazole rings is 1. The molecule has 0 aliphatic carbocycles. The van der Waals surface area contributed by atoms with E-state index < -0.39 is 0 Å². The fraction of sp³-hybridized carbons (Fsp3) is 0. The van der Waals surface area contributed by atoms with Gasteiger partial charge in [0.2, 0.25) is 0 Å². The maximum atomic E-state index is 4.92. The third kappa shape index (κ3) is 1.60. The van der Waals surface area contributed by atoms with Crippen molar-refractivity contribution in [1.29, 1.82) is 0 Å². The summed E-state index contributed by atoms with van der Waals surface area (Å²) in [7, 11) is 0. The third-order valence-electron chi connectivity index (χ3n) is 5.69. The van der Waals surface area contributed by atoms with Gasteiger partial charge < -0.3 is 4.98 Å². The first-order valence-electron chi connectivity index (χ1n) is 9.21. The van der Waals surface area contributed by atoms with Crippen LogP contribution in [0.4, 0.5) is 0 Å². The van der Waals surface area contributed by atoms with E-state index in [1.54, 1.807) is 0 Å². The highest BCUT2D eigenvalue weighted by molar-refractivity contribution is 6.26. The molecule has 5 heteroatoms. The van der Waals surface area contributed by atoms with Crippen molar-refractivity contribution < 1.29 is 0 Å². The molecule has 0 fully saturated rings. The van der Waals surface area contributed by atoms with Gasteiger partial charge >= 0.3 is 0 Å². The average Bonchev–Trinajstić information content (AvgIpc) is 3.32. The minimum atomic E-state index is 0.893. The zero-order valence-corrected chi connectivity index (χ0v) is 14.7. The van der Waals surface area contributed by atoms with Crippen molar-refractivity contribution in [2.45, 2.75) is 0 Å². The average molecular weight is 359 g/mol. The van der Waals surface area contributed by atoms with Gasteiger partial charge in [-0.15, -0.1) is 0 Å². The molecule has 7 rings (SSSR count). The summed E-state index contributed by atoms with van der Waals surface area (Å²) in [5.41, 5.74) is 6.25. The van der Waals surface area contributed by atoms with Crippen LogP contribution in [0.3, 0.4) is 0 Å². The molecule has 5 heterocycles. The summed E-state index contributed by atoms with van der Waals surface area (Å²) in [5, 5.41) is 5.82. The Balaban J connectivity index is 1.87. The van der Waals surface area contributed by atoms with Crippen LogP contribution < -0.4 is 0 Å². The second-order valence-corrected chi connectivity index (χ2v) is 7.11. The number of benzene rings is 2. The molecule has 5 nitrogen and oxygen atoms in total. The van der Waals surface area contributed by atoms with Crippen LogP contribution >= 0.6 is 0 Å². The number of hydrogen-bond donors (Lipinski definition) is 1. The number of nitrogens with zero attached hydrogens (tertiary/aromatic N) is 4. The minimum Gasteiger partial charge on any atom is -0.354 e. The number of aromatic amines is 1. The van der Waals surface area contributed by atoms with E-state index in [9.17, 15) is 0 Å². The summed E-state index contributed by atoms with van der Waals surface area (Å²) in [4.78, 5) is 17.2. The molecule has 0 spiro atoms. The quantitative estimate of drug-likeness (QED) is 0.378. The topological polar surface area (TPSA) is 58.9 Å². The summed E-state index contributed by atoms with van der Waals surface area (Å²) in [5.74, 6) is 0. The Bertz CT molecular complexity index is 1720. The van der Waals surface area contributed by atoms with Crippen molar-refractivity contribution in [3.63, 3.8) is 0 Å². The molecule has 2 aromatic carbocycles. The Labute approximate surface area is 158 Å². The molecular formula is C23H13N5. The minimum absolute atomic E-state index is 0.893. The summed E-state index contributed by atoms with van der Waals surface area (Å²) in [6, 6.07) is 16.9. The first-order chi connectivity index (χ1) is 13.9. The van der Waals surface area contributed by atoms with Crippen LogP contribution in [-0.2, 0) is 0 Å². The molecule has 0 unspecified atom stereocenters. The molecule has 7 aromatic rings. The molecule has 0 aliphatic rings. The SMILES string of the molecule is c1ccc2c(c1)[nH]c1c2ccc2c1c1cnccc1n1c3ccncc3nc21. The first-order valence-corrected chi connectivity index (χ1v) is 9.21. The molecule has 0 saturated carbocycles. The molecular weight excluding hydrogens is 346 g/mol. The van der Waals surface area contributed by atoms with Crippen molar-refractivity contribution in [3.8, 4) is 0 Å². The second kappa shape index (κ2) is 4.84. The molecule has 0 bridgehead atoms. The van der Waals surface area contributed by atoms with Crippen LogP contribution in [0.2, 0.25) is 0 Å². The van der Waals surface area contributed by atoms with E-state index in [0.29, 0.717) is 0 Å². The highest BCUT2D eigenvalue weighted by atomic mass is 15.0. The summed E-state index contributed by atoms with van der Waals surface area (Å²) in [6.07, 6.45) is 7.43. The lowest BCUT2D eigenvalue weighted by Crippen LogP contribution is -1.92. The van der Waals surface area contributed by atoms with E-state index >= 15 is 0 Å². The Morgan fingerprint density at radius 1 is 0.714 bits per heavy atom. The fourth-order valence-electron chi connectivity index (χ4n) is 4.52. The smallest absolute Gasteiger partial charge is 0.146 e. The summed E-state index contributed by atoms with van der Waals surface area (Å²) >= 11 is 0. The van der Waals surface area contributed by atoms with Crippen LogP contribution in [-0.4, -0.2) is 24.3 Å². The number of hydrogen-bond acceptors (Lipinski definition) is 3. The van der Waals surface area contributed by atoms with Gasteiger partial charge in [-0.2, -0.15) is 0 Å². The highest BCUT2D eigenvalue weighted by Gasteiger charge is 2.17. The largest absolute Gasteiger partial charge is 0.354 e. The molecule has 0 radical (unpaired) electrons. The molecule has 1 N–H and O–H groups in total. The normalized spacial score (nSPS) is 12.3. The van der Waals surface area contributed by atoms with Crippen molar-refractivity contribution >= 4 is 60.2 Å². The van der Waals surface area contributed by atoms with E-state index in [4.69, 9.17) is 4.98 Å². The number of nitrogens with one attached hydrogen (secondary N) is 1. The van der Waals surface area contributed by atoms with E-state index in [2.05, 4.69) is 61.8 Å². The van der Waals surface area contributed by atoms with E-state index in [0.717, 1.165) is 49.4 Å². The summed E-state index contributed by atoms with van der Waals surface area (Å²) < 4.78 is 2.21. The van der Waals surface area contributed by atoms with Crippen molar-refractivity contribution in [2.24, 2.45) is 0 Å². The standard InChI is InChI=1S/C23H13N5/c1-2-4-17-13(3-1)14-5-6-15-21(22(14)26-17)16-11-24-9-7-19(16)28-20-8-10-25-12-18(20)27-23(15)28/h1-12,26H. The lowest BCUT2D eigenvalue weighted by Gasteiger charge is -2.09. The zero-order chi connectivity index (χ0) is 18.2. The van der Waals surface area contributed by atoms with Gasteiger partial charge in [0.1, 0.15) is 11.2 Å². The number of fused-ring (bicyclic) bond motifs is 12. The molecule has 0 amide bonds. The summed E-state index contributed by atoms with van der Waals surface area (Å²) in [6.45, 7) is 0. The molecule has 0 saturated heterocycles. The highest BCUT2D eigenvalue weighted by Crippen LogP contribution is 2.38. The van der Waals surface area contributed by atoms with E-state index in [-0.39, 0.29) is 0 Å². The molecule has 28 heavy (non-hydrogen) atoms. The maximum absolute atomic E-state index is 4.92. The van der Waals surface area contributed by atoms with Gasteiger partial charge in [0.15, 0.2) is 0 Å². The van der Waals surface area contributed by atoms with Gasteiger partial charge in [-0.05, 0) is 24.3 Å². The van der Waals surface area contributed by atoms with Crippen LogP contribution in [0, 0.1) is 0 Å². The molecule has 130 valence electrons. The third-order valence-corrected chi connectivity index (χ3v) is 5.69. The predicted molar refractivity (Wildman–Crippen MR) is 113 cm³/mol. The fourth-order valence-corrected chi connectivity index (χ4v) is 4.52. The number of H-pyrrole nitrogens is 1. The van der Waals surface area contributed by atoms with E-state index in [1.165, 1.54) is 10.8 Å². The number of rotatable bonds is 0. The van der Waals surface area contributed by atoms with Crippen molar-refractivity contribution in [3.05, 3.63) is 73.3 Å².